The summed E-state index contributed by atoms with van der Waals surface area (Å²) < 4.78 is 5.71. The number of hydrogen-bond acceptors (Lipinski definition) is 3. The third kappa shape index (κ3) is 3.43. The molecule has 3 heteroatoms. The van der Waals surface area contributed by atoms with Crippen LogP contribution in [0.15, 0.2) is 0 Å². The predicted molar refractivity (Wildman–Crippen MR) is 69.0 cm³/mol. The maximum absolute atomic E-state index is 10.2. The molecule has 3 nitrogen and oxygen atoms in total. The van der Waals surface area contributed by atoms with Crippen LogP contribution in [0.25, 0.3) is 0 Å². The molecule has 0 aromatic carbocycles. The molecule has 1 aliphatic heterocycles. The molecule has 1 aliphatic carbocycles. The number of aliphatic hydroxyl groups is 1. The van der Waals surface area contributed by atoms with Gasteiger partial charge in [-0.1, -0.05) is 13.8 Å². The Kier molecular flexibility index (Phi) is 4.83. The van der Waals surface area contributed by atoms with E-state index in [1.807, 2.05) is 0 Å². The van der Waals surface area contributed by atoms with Crippen molar-refractivity contribution in [2.75, 3.05) is 19.7 Å². The first-order valence-electron chi connectivity index (χ1n) is 7.24. The fourth-order valence-corrected chi connectivity index (χ4v) is 3.28. The summed E-state index contributed by atoms with van der Waals surface area (Å²) in [6.07, 6.45) is 5.94. The first kappa shape index (κ1) is 13.3. The Balaban J connectivity index is 1.90. The fourth-order valence-electron chi connectivity index (χ4n) is 3.28. The Hall–Kier alpha value is -0.120. The van der Waals surface area contributed by atoms with Gasteiger partial charge >= 0.3 is 0 Å². The van der Waals surface area contributed by atoms with Gasteiger partial charge in [-0.25, -0.2) is 0 Å². The predicted octanol–water partition coefficient (Wildman–Crippen LogP) is 2.04. The van der Waals surface area contributed by atoms with Crippen molar-refractivity contribution in [1.82, 2.24) is 4.90 Å². The Morgan fingerprint density at radius 3 is 2.76 bits per heavy atom. The summed E-state index contributed by atoms with van der Waals surface area (Å²) >= 11 is 0. The number of likely N-dealkylation sites (N-methyl/N-ethyl adjacent to an activating group) is 1. The number of hydrogen-bond donors (Lipinski definition) is 1. The van der Waals surface area contributed by atoms with Crippen molar-refractivity contribution in [2.24, 2.45) is 5.92 Å². The Labute approximate surface area is 105 Å². The van der Waals surface area contributed by atoms with E-state index in [2.05, 4.69) is 18.7 Å². The van der Waals surface area contributed by atoms with Crippen LogP contribution in [0.4, 0.5) is 0 Å². The van der Waals surface area contributed by atoms with Gasteiger partial charge in [0.1, 0.15) is 0 Å². The lowest BCUT2D eigenvalue weighted by Crippen LogP contribution is -2.49. The van der Waals surface area contributed by atoms with Crippen LogP contribution >= 0.6 is 0 Å². The first-order valence-corrected chi connectivity index (χ1v) is 7.24. The van der Waals surface area contributed by atoms with Gasteiger partial charge in [-0.2, -0.15) is 0 Å². The first-order chi connectivity index (χ1) is 8.20. The van der Waals surface area contributed by atoms with Gasteiger partial charge in [-0.15, -0.1) is 0 Å². The van der Waals surface area contributed by atoms with E-state index >= 15 is 0 Å². The molecule has 0 aromatic rings. The molecule has 0 radical (unpaired) electrons. The molecule has 1 saturated heterocycles. The van der Waals surface area contributed by atoms with Crippen molar-refractivity contribution in [1.29, 1.82) is 0 Å². The van der Waals surface area contributed by atoms with Gasteiger partial charge < -0.3 is 9.84 Å². The largest absolute Gasteiger partial charge is 0.391 e. The molecule has 100 valence electrons. The van der Waals surface area contributed by atoms with Crippen LogP contribution in [0.2, 0.25) is 0 Å². The average molecular weight is 241 g/mol. The van der Waals surface area contributed by atoms with Gasteiger partial charge in [-0.3, -0.25) is 4.90 Å². The molecule has 17 heavy (non-hydrogen) atoms. The lowest BCUT2D eigenvalue weighted by atomic mass is 9.84. The Morgan fingerprint density at radius 2 is 2.12 bits per heavy atom. The molecule has 1 heterocycles. The normalized spacial score (nSPS) is 38.8. The van der Waals surface area contributed by atoms with Crippen molar-refractivity contribution >= 4 is 0 Å². The standard InChI is InChI=1S/C14H27NO2/c1-3-15(10-12-5-4-8-17-12)13-9-11(2)6-7-14(13)16/h11-14,16H,3-10H2,1-2H3. The number of ether oxygens (including phenoxy) is 1. The average Bonchev–Trinajstić information content (AvgIpc) is 2.82. The Morgan fingerprint density at radius 1 is 1.29 bits per heavy atom. The molecule has 2 aliphatic rings. The van der Waals surface area contributed by atoms with Crippen LogP contribution in [0.3, 0.4) is 0 Å². The van der Waals surface area contributed by atoms with Gasteiger partial charge in [0.05, 0.1) is 12.2 Å². The molecular formula is C14H27NO2. The maximum Gasteiger partial charge on any atom is 0.0702 e. The number of aliphatic hydroxyl groups excluding tert-OH is 1. The molecular weight excluding hydrogens is 214 g/mol. The van der Waals surface area contributed by atoms with E-state index in [1.54, 1.807) is 0 Å². The molecule has 0 spiro atoms. The molecule has 1 N–H and O–H groups in total. The third-order valence-electron chi connectivity index (χ3n) is 4.38. The van der Waals surface area contributed by atoms with Crippen molar-refractivity contribution in [3.05, 3.63) is 0 Å². The van der Waals surface area contributed by atoms with Crippen molar-refractivity contribution < 1.29 is 9.84 Å². The second-order valence-electron chi connectivity index (χ2n) is 5.78. The molecule has 0 aromatic heterocycles. The van der Waals surface area contributed by atoms with Gasteiger partial charge in [0.2, 0.25) is 0 Å². The minimum absolute atomic E-state index is 0.132. The highest BCUT2D eigenvalue weighted by molar-refractivity contribution is 4.86. The van der Waals surface area contributed by atoms with Gasteiger partial charge in [0.25, 0.3) is 0 Å². The van der Waals surface area contributed by atoms with E-state index < -0.39 is 0 Å². The highest BCUT2D eigenvalue weighted by Gasteiger charge is 2.32. The zero-order chi connectivity index (χ0) is 12.3. The Bertz CT molecular complexity index is 228. The van der Waals surface area contributed by atoms with E-state index in [0.717, 1.165) is 38.5 Å². The molecule has 0 bridgehead atoms. The lowest BCUT2D eigenvalue weighted by molar-refractivity contribution is -0.0158. The summed E-state index contributed by atoms with van der Waals surface area (Å²) in [6.45, 7) is 7.45. The second-order valence-corrected chi connectivity index (χ2v) is 5.78. The highest BCUT2D eigenvalue weighted by atomic mass is 16.5. The maximum atomic E-state index is 10.2. The fraction of sp³-hybridized carbons (Fsp3) is 1.00. The number of nitrogens with zero attached hydrogens (tertiary/aromatic N) is 1. The van der Waals surface area contributed by atoms with Crippen LogP contribution in [-0.4, -0.2) is 48.0 Å². The van der Waals surface area contributed by atoms with E-state index in [9.17, 15) is 5.11 Å². The molecule has 0 amide bonds. The summed E-state index contributed by atoms with van der Waals surface area (Å²) in [5.74, 6) is 0.752. The summed E-state index contributed by atoms with van der Waals surface area (Å²) in [4.78, 5) is 2.44. The smallest absolute Gasteiger partial charge is 0.0702 e. The topological polar surface area (TPSA) is 32.7 Å². The van der Waals surface area contributed by atoms with Crippen molar-refractivity contribution in [3.8, 4) is 0 Å². The minimum atomic E-state index is -0.132. The molecule has 1 saturated carbocycles. The lowest BCUT2D eigenvalue weighted by Gasteiger charge is -2.40. The molecule has 2 rings (SSSR count). The van der Waals surface area contributed by atoms with E-state index in [4.69, 9.17) is 4.74 Å². The summed E-state index contributed by atoms with van der Waals surface area (Å²) in [6, 6.07) is 0.355. The molecule has 2 fully saturated rings. The van der Waals surface area contributed by atoms with Crippen LogP contribution in [0.1, 0.15) is 46.0 Å². The monoisotopic (exact) mass is 241 g/mol. The number of rotatable bonds is 4. The SMILES string of the molecule is CCN(CC1CCCO1)C1CC(C)CCC1O. The van der Waals surface area contributed by atoms with Gasteiger partial charge in [-0.05, 0) is 44.6 Å². The molecule has 4 atom stereocenters. The van der Waals surface area contributed by atoms with E-state index in [0.29, 0.717) is 12.1 Å². The highest BCUT2D eigenvalue weighted by Crippen LogP contribution is 2.28. The minimum Gasteiger partial charge on any atom is -0.391 e. The van der Waals surface area contributed by atoms with E-state index in [-0.39, 0.29) is 6.10 Å². The summed E-state index contributed by atoms with van der Waals surface area (Å²) in [5, 5.41) is 10.2. The van der Waals surface area contributed by atoms with Crippen LogP contribution in [-0.2, 0) is 4.74 Å². The van der Waals surface area contributed by atoms with Crippen molar-refractivity contribution in [2.45, 2.75) is 64.2 Å². The van der Waals surface area contributed by atoms with Crippen LogP contribution in [0.5, 0.6) is 0 Å². The second kappa shape index (κ2) is 6.17. The van der Waals surface area contributed by atoms with Gasteiger partial charge in [0.15, 0.2) is 0 Å². The van der Waals surface area contributed by atoms with Crippen LogP contribution in [0, 0.1) is 5.92 Å². The summed E-state index contributed by atoms with van der Waals surface area (Å²) in [5.41, 5.74) is 0. The van der Waals surface area contributed by atoms with Crippen LogP contribution < -0.4 is 0 Å². The van der Waals surface area contributed by atoms with Gasteiger partial charge in [0, 0.05) is 19.2 Å². The quantitative estimate of drug-likeness (QED) is 0.817. The molecule has 4 unspecified atom stereocenters. The van der Waals surface area contributed by atoms with Crippen molar-refractivity contribution in [3.63, 3.8) is 0 Å². The zero-order valence-electron chi connectivity index (χ0n) is 11.3. The zero-order valence-corrected chi connectivity index (χ0v) is 11.3. The summed E-state index contributed by atoms with van der Waals surface area (Å²) in [7, 11) is 0. The van der Waals surface area contributed by atoms with E-state index in [1.165, 1.54) is 19.3 Å². The third-order valence-corrected chi connectivity index (χ3v) is 4.38.